The predicted molar refractivity (Wildman–Crippen MR) is 74.9 cm³/mol. The Morgan fingerprint density at radius 2 is 1.84 bits per heavy atom. The number of nitrogens with zero attached hydrogens (tertiary/aromatic N) is 4. The third kappa shape index (κ3) is 2.34. The maximum atomic E-state index is 4.66. The summed E-state index contributed by atoms with van der Waals surface area (Å²) >= 11 is 0. The Bertz CT molecular complexity index is 673. The maximum absolute atomic E-state index is 4.66. The third-order valence-corrected chi connectivity index (χ3v) is 3.20. The molecule has 0 aliphatic rings. The molecule has 0 aliphatic heterocycles. The van der Waals surface area contributed by atoms with Gasteiger partial charge in [0.1, 0.15) is 11.3 Å². The molecule has 0 spiro atoms. The number of hydrogen-bond donors (Lipinski definition) is 0. The zero-order valence-corrected chi connectivity index (χ0v) is 11.0. The Kier molecular flexibility index (Phi) is 3.23. The monoisotopic (exact) mass is 252 g/mol. The molecule has 4 nitrogen and oxygen atoms in total. The van der Waals surface area contributed by atoms with Crippen LogP contribution in [-0.2, 0) is 13.0 Å². The number of benzene rings is 1. The lowest BCUT2D eigenvalue weighted by molar-refractivity contribution is 0.721. The highest BCUT2D eigenvalue weighted by Gasteiger charge is 2.10. The van der Waals surface area contributed by atoms with Gasteiger partial charge in [-0.15, -0.1) is 0 Å². The van der Waals surface area contributed by atoms with Crippen molar-refractivity contribution in [1.29, 1.82) is 0 Å². The van der Waals surface area contributed by atoms with Crippen LogP contribution in [0.15, 0.2) is 42.7 Å². The highest BCUT2D eigenvalue weighted by molar-refractivity contribution is 5.73. The molecule has 1 aromatic carbocycles. The van der Waals surface area contributed by atoms with Crippen molar-refractivity contribution in [3.05, 3.63) is 54.1 Å². The van der Waals surface area contributed by atoms with Gasteiger partial charge in [0.25, 0.3) is 0 Å². The smallest absolute Gasteiger partial charge is 0.111 e. The van der Waals surface area contributed by atoms with Crippen LogP contribution in [0.4, 0.5) is 0 Å². The van der Waals surface area contributed by atoms with Gasteiger partial charge in [-0.3, -0.25) is 0 Å². The van der Waals surface area contributed by atoms with Crippen molar-refractivity contribution in [2.24, 2.45) is 0 Å². The van der Waals surface area contributed by atoms with E-state index in [1.165, 1.54) is 5.56 Å². The standard InChI is InChI=1S/C15H16N4/c1-2-6-15-18-13-9-16-17-10-14(13)19(15)11-12-7-4-3-5-8-12/h3-5,7-10H,2,6,11H2,1H3. The van der Waals surface area contributed by atoms with E-state index in [-0.39, 0.29) is 0 Å². The number of rotatable bonds is 4. The second-order valence-electron chi connectivity index (χ2n) is 4.61. The number of fused-ring (bicyclic) bond motifs is 1. The van der Waals surface area contributed by atoms with E-state index in [0.29, 0.717) is 0 Å². The zero-order chi connectivity index (χ0) is 13.1. The van der Waals surface area contributed by atoms with Crippen molar-refractivity contribution in [2.75, 3.05) is 0 Å². The van der Waals surface area contributed by atoms with Crippen LogP contribution in [0.2, 0.25) is 0 Å². The van der Waals surface area contributed by atoms with Crippen molar-refractivity contribution in [3.63, 3.8) is 0 Å². The van der Waals surface area contributed by atoms with Crippen LogP contribution in [-0.4, -0.2) is 19.7 Å². The minimum absolute atomic E-state index is 0.832. The Morgan fingerprint density at radius 1 is 1.05 bits per heavy atom. The van der Waals surface area contributed by atoms with E-state index in [2.05, 4.69) is 50.9 Å². The molecular formula is C15H16N4. The van der Waals surface area contributed by atoms with Gasteiger partial charge in [0.05, 0.1) is 17.9 Å². The van der Waals surface area contributed by atoms with E-state index in [0.717, 1.165) is 36.2 Å². The van der Waals surface area contributed by atoms with Gasteiger partial charge in [-0.05, 0) is 12.0 Å². The molecule has 3 rings (SSSR count). The molecule has 0 aliphatic carbocycles. The average Bonchev–Trinajstić information content (AvgIpc) is 2.79. The normalized spacial score (nSPS) is 11.0. The molecule has 0 fully saturated rings. The maximum Gasteiger partial charge on any atom is 0.111 e. The van der Waals surface area contributed by atoms with Crippen LogP contribution in [0.25, 0.3) is 11.0 Å². The quantitative estimate of drug-likeness (QED) is 0.717. The summed E-state index contributed by atoms with van der Waals surface area (Å²) in [5, 5.41) is 7.89. The SMILES string of the molecule is CCCc1nc2cnncc2n1Cc1ccccc1. The van der Waals surface area contributed by atoms with E-state index in [1.807, 2.05) is 6.07 Å². The first kappa shape index (κ1) is 11.8. The first-order valence-electron chi connectivity index (χ1n) is 6.58. The Hall–Kier alpha value is -2.23. The van der Waals surface area contributed by atoms with Crippen molar-refractivity contribution in [2.45, 2.75) is 26.3 Å². The van der Waals surface area contributed by atoms with Gasteiger partial charge >= 0.3 is 0 Å². The van der Waals surface area contributed by atoms with Gasteiger partial charge in [0, 0.05) is 13.0 Å². The molecule has 2 heterocycles. The van der Waals surface area contributed by atoms with Crippen molar-refractivity contribution in [3.8, 4) is 0 Å². The molecule has 0 saturated heterocycles. The Morgan fingerprint density at radius 3 is 2.63 bits per heavy atom. The van der Waals surface area contributed by atoms with Gasteiger partial charge in [0.2, 0.25) is 0 Å². The van der Waals surface area contributed by atoms with Crippen molar-refractivity contribution < 1.29 is 0 Å². The van der Waals surface area contributed by atoms with Gasteiger partial charge in [0.15, 0.2) is 0 Å². The number of hydrogen-bond acceptors (Lipinski definition) is 3. The third-order valence-electron chi connectivity index (χ3n) is 3.20. The molecule has 3 aromatic rings. The van der Waals surface area contributed by atoms with Crippen LogP contribution in [0.3, 0.4) is 0 Å². The number of aromatic nitrogens is 4. The highest BCUT2D eigenvalue weighted by Crippen LogP contribution is 2.17. The van der Waals surface area contributed by atoms with Crippen molar-refractivity contribution in [1.82, 2.24) is 19.7 Å². The lowest BCUT2D eigenvalue weighted by Gasteiger charge is -2.08. The first-order valence-corrected chi connectivity index (χ1v) is 6.58. The summed E-state index contributed by atoms with van der Waals surface area (Å²) in [6.45, 7) is 3.00. The molecule has 0 radical (unpaired) electrons. The van der Waals surface area contributed by atoms with Crippen LogP contribution in [0.1, 0.15) is 24.7 Å². The van der Waals surface area contributed by atoms with Gasteiger partial charge in [-0.25, -0.2) is 4.98 Å². The van der Waals surface area contributed by atoms with E-state index in [9.17, 15) is 0 Å². The van der Waals surface area contributed by atoms with Crippen LogP contribution >= 0.6 is 0 Å². The average molecular weight is 252 g/mol. The van der Waals surface area contributed by atoms with E-state index < -0.39 is 0 Å². The Balaban J connectivity index is 2.07. The summed E-state index contributed by atoms with van der Waals surface area (Å²) in [5.41, 5.74) is 3.26. The van der Waals surface area contributed by atoms with Gasteiger partial charge in [-0.1, -0.05) is 37.3 Å². The summed E-state index contributed by atoms with van der Waals surface area (Å²) in [7, 11) is 0. The number of aryl methyl sites for hydroxylation is 1. The molecular weight excluding hydrogens is 236 g/mol. The van der Waals surface area contributed by atoms with Crippen LogP contribution in [0.5, 0.6) is 0 Å². The second-order valence-corrected chi connectivity index (χ2v) is 4.61. The largest absolute Gasteiger partial charge is 0.322 e. The zero-order valence-electron chi connectivity index (χ0n) is 11.0. The summed E-state index contributed by atoms with van der Waals surface area (Å²) in [5.74, 6) is 1.11. The molecule has 4 heteroatoms. The van der Waals surface area contributed by atoms with E-state index >= 15 is 0 Å². The fraction of sp³-hybridized carbons (Fsp3) is 0.267. The molecule has 19 heavy (non-hydrogen) atoms. The first-order chi connectivity index (χ1) is 9.38. The molecule has 96 valence electrons. The molecule has 0 saturated carbocycles. The van der Waals surface area contributed by atoms with Crippen LogP contribution in [0, 0.1) is 0 Å². The minimum Gasteiger partial charge on any atom is -0.322 e. The van der Waals surface area contributed by atoms with E-state index in [1.54, 1.807) is 12.4 Å². The lowest BCUT2D eigenvalue weighted by atomic mass is 10.2. The topological polar surface area (TPSA) is 43.6 Å². The fourth-order valence-corrected chi connectivity index (χ4v) is 2.30. The summed E-state index contributed by atoms with van der Waals surface area (Å²) in [6, 6.07) is 10.4. The van der Waals surface area contributed by atoms with E-state index in [4.69, 9.17) is 0 Å². The minimum atomic E-state index is 0.832. The summed E-state index contributed by atoms with van der Waals surface area (Å²) in [4.78, 5) is 4.66. The number of imidazole rings is 1. The molecule has 0 unspecified atom stereocenters. The Labute approximate surface area is 112 Å². The molecule has 0 atom stereocenters. The van der Waals surface area contributed by atoms with Gasteiger partial charge in [-0.2, -0.15) is 10.2 Å². The highest BCUT2D eigenvalue weighted by atomic mass is 15.1. The fourth-order valence-electron chi connectivity index (χ4n) is 2.30. The predicted octanol–water partition coefficient (Wildman–Crippen LogP) is 2.83. The molecule has 0 bridgehead atoms. The molecule has 0 N–H and O–H groups in total. The molecule has 0 amide bonds. The lowest BCUT2D eigenvalue weighted by Crippen LogP contribution is -2.05. The summed E-state index contributed by atoms with van der Waals surface area (Å²) in [6.07, 6.45) is 5.58. The second kappa shape index (κ2) is 5.18. The molecule has 2 aromatic heterocycles. The van der Waals surface area contributed by atoms with Crippen LogP contribution < -0.4 is 0 Å². The summed E-state index contributed by atoms with van der Waals surface area (Å²) < 4.78 is 2.24. The van der Waals surface area contributed by atoms with Gasteiger partial charge < -0.3 is 4.57 Å². The van der Waals surface area contributed by atoms with Crippen molar-refractivity contribution >= 4 is 11.0 Å².